The summed E-state index contributed by atoms with van der Waals surface area (Å²) >= 11 is 0. The van der Waals surface area contributed by atoms with E-state index in [9.17, 15) is 19.2 Å². The lowest BCUT2D eigenvalue weighted by Gasteiger charge is -2.40. The number of nitrogens with zero attached hydrogens (tertiary/aromatic N) is 4. The molecule has 10 nitrogen and oxygen atoms in total. The van der Waals surface area contributed by atoms with Crippen LogP contribution >= 0.6 is 0 Å². The SMILES string of the molecule is COCC(=O)N1CCN(C(=O)N2CCN(C(=O)COCC(C)=O)CC2)CC1. The van der Waals surface area contributed by atoms with Gasteiger partial charge in [-0.3, -0.25) is 14.4 Å². The second-order valence-electron chi connectivity index (χ2n) is 6.65. The van der Waals surface area contributed by atoms with Gasteiger partial charge in [0.1, 0.15) is 19.8 Å². The molecule has 2 saturated heterocycles. The fraction of sp³-hybridized carbons (Fsp3) is 0.765. The van der Waals surface area contributed by atoms with E-state index in [-0.39, 0.29) is 43.4 Å². The predicted octanol–water partition coefficient (Wildman–Crippen LogP) is -1.35. The molecule has 0 spiro atoms. The zero-order chi connectivity index (χ0) is 19.8. The van der Waals surface area contributed by atoms with Gasteiger partial charge in [-0.15, -0.1) is 0 Å². The summed E-state index contributed by atoms with van der Waals surface area (Å²) in [5, 5.41) is 0. The first-order valence-corrected chi connectivity index (χ1v) is 9.08. The molecule has 10 heteroatoms. The zero-order valence-electron chi connectivity index (χ0n) is 16.0. The summed E-state index contributed by atoms with van der Waals surface area (Å²) < 4.78 is 9.91. The molecule has 0 aliphatic carbocycles. The van der Waals surface area contributed by atoms with Crippen LogP contribution in [0.4, 0.5) is 4.79 Å². The van der Waals surface area contributed by atoms with Crippen molar-refractivity contribution in [2.45, 2.75) is 6.92 Å². The van der Waals surface area contributed by atoms with Crippen LogP contribution in [0.15, 0.2) is 0 Å². The lowest BCUT2D eigenvalue weighted by molar-refractivity contribution is -0.139. The number of rotatable bonds is 6. The van der Waals surface area contributed by atoms with Crippen molar-refractivity contribution in [2.75, 3.05) is 79.3 Å². The third kappa shape index (κ3) is 6.17. The van der Waals surface area contributed by atoms with E-state index in [0.717, 1.165) is 0 Å². The van der Waals surface area contributed by atoms with Crippen molar-refractivity contribution in [1.29, 1.82) is 0 Å². The van der Waals surface area contributed by atoms with E-state index in [1.54, 1.807) is 19.6 Å². The van der Waals surface area contributed by atoms with Gasteiger partial charge in [-0.1, -0.05) is 0 Å². The monoisotopic (exact) mass is 384 g/mol. The number of hydrogen-bond donors (Lipinski definition) is 0. The fourth-order valence-corrected chi connectivity index (χ4v) is 3.08. The summed E-state index contributed by atoms with van der Waals surface area (Å²) in [4.78, 5) is 54.1. The van der Waals surface area contributed by atoms with E-state index in [0.29, 0.717) is 52.4 Å². The summed E-state index contributed by atoms with van der Waals surface area (Å²) in [7, 11) is 1.48. The summed E-state index contributed by atoms with van der Waals surface area (Å²) in [6, 6.07) is -0.0613. The average molecular weight is 384 g/mol. The van der Waals surface area contributed by atoms with Crippen LogP contribution in [0.3, 0.4) is 0 Å². The van der Waals surface area contributed by atoms with Crippen LogP contribution in [0, 0.1) is 0 Å². The number of Topliss-reactive ketones (excluding diaryl/α,β-unsaturated/α-hetero) is 1. The third-order valence-electron chi connectivity index (χ3n) is 4.60. The van der Waals surface area contributed by atoms with Gasteiger partial charge >= 0.3 is 6.03 Å². The van der Waals surface area contributed by atoms with Gasteiger partial charge in [-0.25, -0.2) is 4.79 Å². The number of piperazine rings is 2. The Kier molecular flexibility index (Phi) is 7.99. The first-order chi connectivity index (χ1) is 12.9. The van der Waals surface area contributed by atoms with Crippen molar-refractivity contribution in [3.63, 3.8) is 0 Å². The standard InChI is InChI=1S/C17H28N4O6/c1-14(22)11-27-13-16(24)19-5-9-21(10-6-19)17(25)20-7-3-18(4-8-20)15(23)12-26-2/h3-13H2,1-2H3. The molecular formula is C17H28N4O6. The Morgan fingerprint density at radius 1 is 0.667 bits per heavy atom. The highest BCUT2D eigenvalue weighted by molar-refractivity contribution is 5.80. The molecule has 0 bridgehead atoms. The Balaban J connectivity index is 1.71. The Labute approximate surface area is 158 Å². The van der Waals surface area contributed by atoms with Gasteiger partial charge in [0.2, 0.25) is 11.8 Å². The Bertz CT molecular complexity index is 554. The summed E-state index contributed by atoms with van der Waals surface area (Å²) in [5.41, 5.74) is 0. The van der Waals surface area contributed by atoms with Crippen LogP contribution in [0.1, 0.15) is 6.92 Å². The molecule has 0 atom stereocenters. The molecule has 0 unspecified atom stereocenters. The van der Waals surface area contributed by atoms with Crippen LogP contribution in [0.25, 0.3) is 0 Å². The van der Waals surface area contributed by atoms with Crippen LogP contribution in [-0.2, 0) is 23.9 Å². The maximum absolute atomic E-state index is 12.6. The minimum absolute atomic E-state index is 0.0556. The van der Waals surface area contributed by atoms with E-state index in [4.69, 9.17) is 9.47 Å². The highest BCUT2D eigenvalue weighted by Crippen LogP contribution is 2.10. The minimum atomic E-state index is -0.173. The second kappa shape index (κ2) is 10.2. The number of carbonyl (C=O) groups is 4. The molecule has 27 heavy (non-hydrogen) atoms. The van der Waals surface area contributed by atoms with E-state index in [2.05, 4.69) is 0 Å². The van der Waals surface area contributed by atoms with Gasteiger partial charge in [0.15, 0.2) is 5.78 Å². The minimum Gasteiger partial charge on any atom is -0.375 e. The largest absolute Gasteiger partial charge is 0.375 e. The fourth-order valence-electron chi connectivity index (χ4n) is 3.08. The lowest BCUT2D eigenvalue weighted by Crippen LogP contribution is -2.58. The van der Waals surface area contributed by atoms with Crippen LogP contribution < -0.4 is 0 Å². The smallest absolute Gasteiger partial charge is 0.320 e. The molecule has 2 fully saturated rings. The van der Waals surface area contributed by atoms with Gasteiger partial charge in [-0.2, -0.15) is 0 Å². The molecule has 0 aromatic carbocycles. The molecule has 2 aliphatic rings. The number of ketones is 1. The van der Waals surface area contributed by atoms with Gasteiger partial charge in [-0.05, 0) is 6.92 Å². The van der Waals surface area contributed by atoms with Crippen molar-refractivity contribution in [3.8, 4) is 0 Å². The van der Waals surface area contributed by atoms with Crippen molar-refractivity contribution in [2.24, 2.45) is 0 Å². The summed E-state index contributed by atoms with van der Waals surface area (Å²) in [6.07, 6.45) is 0. The first kappa shape index (κ1) is 21.1. The van der Waals surface area contributed by atoms with Gasteiger partial charge in [0.25, 0.3) is 0 Å². The molecule has 4 amide bonds. The van der Waals surface area contributed by atoms with Crippen LogP contribution in [0.5, 0.6) is 0 Å². The maximum atomic E-state index is 12.6. The molecule has 0 radical (unpaired) electrons. The number of hydrogen-bond acceptors (Lipinski definition) is 6. The molecule has 2 rings (SSSR count). The molecule has 2 heterocycles. The van der Waals surface area contributed by atoms with Gasteiger partial charge in [0.05, 0.1) is 0 Å². The highest BCUT2D eigenvalue weighted by atomic mass is 16.5. The molecule has 0 aromatic heterocycles. The van der Waals surface area contributed by atoms with Crippen molar-refractivity contribution >= 4 is 23.6 Å². The average Bonchev–Trinajstić information content (AvgIpc) is 2.67. The Hall–Kier alpha value is -2.20. The van der Waals surface area contributed by atoms with Crippen molar-refractivity contribution in [3.05, 3.63) is 0 Å². The Morgan fingerprint density at radius 2 is 1.07 bits per heavy atom. The zero-order valence-corrected chi connectivity index (χ0v) is 16.0. The van der Waals surface area contributed by atoms with Crippen molar-refractivity contribution < 1.29 is 28.7 Å². The van der Waals surface area contributed by atoms with E-state index < -0.39 is 0 Å². The van der Waals surface area contributed by atoms with Crippen molar-refractivity contribution in [1.82, 2.24) is 19.6 Å². The van der Waals surface area contributed by atoms with Crippen LogP contribution in [0.2, 0.25) is 0 Å². The maximum Gasteiger partial charge on any atom is 0.320 e. The van der Waals surface area contributed by atoms with E-state index in [1.165, 1.54) is 14.0 Å². The topological polar surface area (TPSA) is 99.7 Å². The molecule has 0 saturated carbocycles. The molecule has 2 aliphatic heterocycles. The van der Waals surface area contributed by atoms with Gasteiger partial charge < -0.3 is 29.1 Å². The first-order valence-electron chi connectivity index (χ1n) is 9.08. The van der Waals surface area contributed by atoms with E-state index in [1.807, 2.05) is 0 Å². The number of methoxy groups -OCH3 is 1. The second-order valence-corrected chi connectivity index (χ2v) is 6.65. The molecular weight excluding hydrogens is 356 g/mol. The third-order valence-corrected chi connectivity index (χ3v) is 4.60. The summed E-state index contributed by atoms with van der Waals surface area (Å²) in [6.45, 7) is 5.06. The molecule has 152 valence electrons. The number of urea groups is 1. The predicted molar refractivity (Wildman–Crippen MR) is 95.1 cm³/mol. The normalized spacial score (nSPS) is 17.9. The number of ether oxygens (including phenoxy) is 2. The molecule has 0 aromatic rings. The quantitative estimate of drug-likeness (QED) is 0.561. The number of carbonyl (C=O) groups excluding carboxylic acids is 4. The Morgan fingerprint density at radius 3 is 1.48 bits per heavy atom. The summed E-state index contributed by atoms with van der Waals surface area (Å²) in [5.74, 6) is -0.362. The van der Waals surface area contributed by atoms with Crippen LogP contribution in [-0.4, -0.2) is 123 Å². The lowest BCUT2D eigenvalue weighted by atomic mass is 10.3. The highest BCUT2D eigenvalue weighted by Gasteiger charge is 2.30. The number of amides is 4. The van der Waals surface area contributed by atoms with E-state index >= 15 is 0 Å². The van der Waals surface area contributed by atoms with Gasteiger partial charge in [0, 0.05) is 59.5 Å². The molecule has 0 N–H and O–H groups in total.